The van der Waals surface area contributed by atoms with Gasteiger partial charge in [0.05, 0.1) is 47.5 Å². The van der Waals surface area contributed by atoms with Gasteiger partial charge in [-0.3, -0.25) is 4.98 Å². The van der Waals surface area contributed by atoms with Crippen molar-refractivity contribution in [2.24, 2.45) is 0 Å². The zero-order chi connectivity index (χ0) is 24.4. The van der Waals surface area contributed by atoms with Crippen molar-refractivity contribution >= 4 is 11.3 Å². The van der Waals surface area contributed by atoms with Crippen LogP contribution in [0.2, 0.25) is 0 Å². The van der Waals surface area contributed by atoms with E-state index in [1.165, 1.54) is 6.20 Å². The lowest BCUT2D eigenvalue weighted by Crippen LogP contribution is -2.52. The maximum Gasteiger partial charge on any atom is 0.138 e. The summed E-state index contributed by atoms with van der Waals surface area (Å²) in [5, 5.41) is 23.9. The highest BCUT2D eigenvalue weighted by atomic mass is 16.5. The number of ether oxygens (including phenoxy) is 2. The summed E-state index contributed by atoms with van der Waals surface area (Å²) < 4.78 is 13.4. The van der Waals surface area contributed by atoms with Gasteiger partial charge in [0.15, 0.2) is 0 Å². The summed E-state index contributed by atoms with van der Waals surface area (Å²) in [4.78, 5) is 11.1. The largest absolute Gasteiger partial charge is 0.489 e. The highest BCUT2D eigenvalue weighted by Crippen LogP contribution is 2.32. The second-order valence-corrected chi connectivity index (χ2v) is 9.22. The molecule has 9 heteroatoms. The van der Waals surface area contributed by atoms with E-state index in [9.17, 15) is 10.4 Å². The number of aliphatic hydroxyl groups is 1. The molecule has 0 radical (unpaired) electrons. The lowest BCUT2D eigenvalue weighted by Gasteiger charge is -2.39. The summed E-state index contributed by atoms with van der Waals surface area (Å²) in [6.45, 7) is 5.53. The van der Waals surface area contributed by atoms with Gasteiger partial charge in [-0.1, -0.05) is 6.07 Å². The van der Waals surface area contributed by atoms with E-state index in [4.69, 9.17) is 9.47 Å². The van der Waals surface area contributed by atoms with Gasteiger partial charge in [-0.2, -0.15) is 10.4 Å². The molecule has 1 saturated heterocycles. The first-order valence-electron chi connectivity index (χ1n) is 11.4. The lowest BCUT2D eigenvalue weighted by atomic mass is 10.0. The van der Waals surface area contributed by atoms with Crippen LogP contribution in [0.15, 0.2) is 61.2 Å². The second kappa shape index (κ2) is 9.33. The van der Waals surface area contributed by atoms with E-state index in [1.807, 2.05) is 36.4 Å². The average Bonchev–Trinajstić information content (AvgIpc) is 3.25. The van der Waals surface area contributed by atoms with Gasteiger partial charge in [0.25, 0.3) is 0 Å². The van der Waals surface area contributed by atoms with E-state index in [1.54, 1.807) is 37.0 Å². The number of hydrogen-bond acceptors (Lipinski definition) is 8. The predicted octanol–water partition coefficient (Wildman–Crippen LogP) is 3.22. The number of hydrogen-bond donors (Lipinski definition) is 1. The van der Waals surface area contributed by atoms with Crippen LogP contribution in [0.3, 0.4) is 0 Å². The smallest absolute Gasteiger partial charge is 0.138 e. The van der Waals surface area contributed by atoms with Gasteiger partial charge in [0, 0.05) is 36.6 Å². The molecule has 5 heterocycles. The Morgan fingerprint density at radius 2 is 2.03 bits per heavy atom. The van der Waals surface area contributed by atoms with E-state index in [0.29, 0.717) is 23.4 Å². The summed E-state index contributed by atoms with van der Waals surface area (Å²) >= 11 is 0. The van der Waals surface area contributed by atoms with Crippen molar-refractivity contribution in [2.45, 2.75) is 32.2 Å². The Balaban J connectivity index is 1.31. The predicted molar refractivity (Wildman–Crippen MR) is 130 cm³/mol. The summed E-state index contributed by atoms with van der Waals surface area (Å²) in [7, 11) is 0. The zero-order valence-electron chi connectivity index (χ0n) is 19.6. The van der Waals surface area contributed by atoms with Crippen molar-refractivity contribution in [3.63, 3.8) is 0 Å². The maximum atomic E-state index is 10.0. The molecule has 5 rings (SSSR count). The van der Waals surface area contributed by atoms with Crippen molar-refractivity contribution in [1.82, 2.24) is 19.6 Å². The first-order chi connectivity index (χ1) is 16.9. The highest BCUT2D eigenvalue weighted by molar-refractivity contribution is 5.85. The third kappa shape index (κ3) is 5.09. The Labute approximate surface area is 203 Å². The molecule has 0 bridgehead atoms. The summed E-state index contributed by atoms with van der Waals surface area (Å²) in [6.07, 6.45) is 6.95. The van der Waals surface area contributed by atoms with Crippen molar-refractivity contribution in [2.75, 3.05) is 24.6 Å². The Hall–Kier alpha value is -4.00. The van der Waals surface area contributed by atoms with Crippen molar-refractivity contribution < 1.29 is 14.6 Å². The minimum Gasteiger partial charge on any atom is -0.489 e. The molecule has 0 aliphatic carbocycles. The van der Waals surface area contributed by atoms with E-state index >= 15 is 0 Å². The molecule has 0 amide bonds. The third-order valence-electron chi connectivity index (χ3n) is 5.72. The first-order valence-corrected chi connectivity index (χ1v) is 11.4. The third-order valence-corrected chi connectivity index (χ3v) is 5.72. The van der Waals surface area contributed by atoms with Crippen molar-refractivity contribution in [3.8, 4) is 22.9 Å². The molecule has 0 unspecified atom stereocenters. The first kappa shape index (κ1) is 22.8. The van der Waals surface area contributed by atoms with Crippen LogP contribution in [0.25, 0.3) is 16.6 Å². The van der Waals surface area contributed by atoms with Crippen LogP contribution < -0.4 is 9.64 Å². The van der Waals surface area contributed by atoms with Gasteiger partial charge < -0.3 is 19.5 Å². The van der Waals surface area contributed by atoms with Gasteiger partial charge in [-0.15, -0.1) is 0 Å². The number of nitrogens with zero attached hydrogens (tertiary/aromatic N) is 6. The van der Waals surface area contributed by atoms with Crippen LogP contribution >= 0.6 is 0 Å². The number of rotatable bonds is 8. The molecule has 1 N–H and O–H groups in total. The quantitative estimate of drug-likeness (QED) is 0.418. The fourth-order valence-corrected chi connectivity index (χ4v) is 3.89. The fraction of sp³-hybridized carbons (Fsp3) is 0.308. The minimum atomic E-state index is -0.976. The molecule has 178 valence electrons. The molecule has 9 nitrogen and oxygen atoms in total. The Morgan fingerprint density at radius 1 is 1.17 bits per heavy atom. The SMILES string of the molecule is CC(C)(O)COc1cc(-c2ccc(N3CC(OCc4ccccn4)C3)nc2)c2c(C#N)cnn2c1. The van der Waals surface area contributed by atoms with E-state index in [2.05, 4.69) is 26.0 Å². The van der Waals surface area contributed by atoms with E-state index in [-0.39, 0.29) is 12.7 Å². The van der Waals surface area contributed by atoms with Gasteiger partial charge in [0.2, 0.25) is 0 Å². The molecular formula is C26H26N6O3. The summed E-state index contributed by atoms with van der Waals surface area (Å²) in [6, 6.07) is 13.8. The van der Waals surface area contributed by atoms with Crippen LogP contribution in [-0.2, 0) is 11.3 Å². The van der Waals surface area contributed by atoms with E-state index in [0.717, 1.165) is 35.7 Å². The van der Waals surface area contributed by atoms with Crippen LogP contribution in [0.4, 0.5) is 5.82 Å². The number of nitriles is 1. The molecule has 35 heavy (non-hydrogen) atoms. The zero-order valence-corrected chi connectivity index (χ0v) is 19.6. The van der Waals surface area contributed by atoms with Gasteiger partial charge in [-0.05, 0) is 44.2 Å². The molecule has 0 saturated carbocycles. The minimum absolute atomic E-state index is 0.125. The molecule has 1 aliphatic heterocycles. The van der Waals surface area contributed by atoms with Gasteiger partial charge >= 0.3 is 0 Å². The topological polar surface area (TPSA) is 109 Å². The van der Waals surface area contributed by atoms with Crippen LogP contribution in [-0.4, -0.2) is 56.1 Å². The number of pyridine rings is 3. The Bertz CT molecular complexity index is 1350. The normalized spacial score (nSPS) is 14.1. The van der Waals surface area contributed by atoms with Crippen molar-refractivity contribution in [3.05, 3.63) is 72.4 Å². The molecule has 1 fully saturated rings. The number of anilines is 1. The van der Waals surface area contributed by atoms with Crippen LogP contribution in [0.1, 0.15) is 25.1 Å². The summed E-state index contributed by atoms with van der Waals surface area (Å²) in [5.74, 6) is 1.41. The maximum absolute atomic E-state index is 10.0. The molecule has 0 spiro atoms. The second-order valence-electron chi connectivity index (χ2n) is 9.22. The van der Waals surface area contributed by atoms with Gasteiger partial charge in [0.1, 0.15) is 24.2 Å². The standard InChI is InChI=1S/C26H26N6O3/c1-26(2,33)17-35-21-9-23(25-19(10-27)12-30-32(25)15-21)18-6-7-24(29-11-18)31-13-22(14-31)34-16-20-5-3-4-8-28-20/h3-9,11-12,15,22,33H,13-14,16-17H2,1-2H3. The number of fused-ring (bicyclic) bond motifs is 1. The Kier molecular flexibility index (Phi) is 6.07. The molecule has 1 aliphatic rings. The number of aromatic nitrogens is 4. The molecule has 4 aromatic rings. The molecule has 4 aromatic heterocycles. The van der Waals surface area contributed by atoms with Crippen LogP contribution in [0.5, 0.6) is 5.75 Å². The molecule has 0 atom stereocenters. The highest BCUT2D eigenvalue weighted by Gasteiger charge is 2.28. The Morgan fingerprint density at radius 3 is 2.71 bits per heavy atom. The fourth-order valence-electron chi connectivity index (χ4n) is 3.89. The van der Waals surface area contributed by atoms with Crippen molar-refractivity contribution in [1.29, 1.82) is 5.26 Å². The molecule has 0 aromatic carbocycles. The van der Waals surface area contributed by atoms with Crippen LogP contribution in [0, 0.1) is 11.3 Å². The van der Waals surface area contributed by atoms with Gasteiger partial charge in [-0.25, -0.2) is 9.50 Å². The summed E-state index contributed by atoms with van der Waals surface area (Å²) in [5.41, 5.74) is 2.72. The monoisotopic (exact) mass is 470 g/mol. The lowest BCUT2D eigenvalue weighted by molar-refractivity contribution is 0.0204. The van der Waals surface area contributed by atoms with E-state index < -0.39 is 5.60 Å². The molecular weight excluding hydrogens is 444 g/mol. The average molecular weight is 471 g/mol.